The van der Waals surface area contributed by atoms with Crippen molar-refractivity contribution in [2.75, 3.05) is 18.4 Å². The second kappa shape index (κ2) is 7.58. The molecule has 132 valence electrons. The first kappa shape index (κ1) is 18.0. The van der Waals surface area contributed by atoms with Crippen molar-refractivity contribution in [3.8, 4) is 0 Å². The van der Waals surface area contributed by atoms with Crippen molar-refractivity contribution in [3.63, 3.8) is 0 Å². The maximum atomic E-state index is 12.7. The van der Waals surface area contributed by atoms with E-state index in [0.29, 0.717) is 39.0 Å². The molecular weight excluding hydrogens is 359 g/mol. The van der Waals surface area contributed by atoms with Crippen LogP contribution < -0.4 is 5.32 Å². The van der Waals surface area contributed by atoms with Gasteiger partial charge in [0.25, 0.3) is 5.91 Å². The Hall–Kier alpha value is -1.85. The first-order chi connectivity index (χ1) is 11.9. The highest BCUT2D eigenvalue weighted by molar-refractivity contribution is 6.43. The van der Waals surface area contributed by atoms with E-state index in [2.05, 4.69) is 22.2 Å². The lowest BCUT2D eigenvalue weighted by Crippen LogP contribution is -2.38. The number of amides is 1. The fourth-order valence-corrected chi connectivity index (χ4v) is 3.20. The Bertz CT molecular complexity index is 789. The number of aryl methyl sites for hydroxylation is 1. The summed E-state index contributed by atoms with van der Waals surface area (Å²) in [6.07, 6.45) is 2.05. The number of carbonyl (C=O) groups excluding carboxylic acids is 1. The summed E-state index contributed by atoms with van der Waals surface area (Å²) in [5.74, 6) is 1.65. The Morgan fingerprint density at radius 1 is 1.24 bits per heavy atom. The van der Waals surface area contributed by atoms with E-state index in [-0.39, 0.29) is 5.91 Å². The van der Waals surface area contributed by atoms with Crippen LogP contribution >= 0.6 is 23.2 Å². The van der Waals surface area contributed by atoms with E-state index in [1.54, 1.807) is 31.2 Å². The zero-order valence-electron chi connectivity index (χ0n) is 14.2. The highest BCUT2D eigenvalue weighted by Crippen LogP contribution is 2.31. The van der Waals surface area contributed by atoms with E-state index in [9.17, 15) is 4.79 Å². The van der Waals surface area contributed by atoms with Gasteiger partial charge in [0.15, 0.2) is 0 Å². The molecule has 3 rings (SSSR count). The summed E-state index contributed by atoms with van der Waals surface area (Å²) < 4.78 is 0. The maximum absolute atomic E-state index is 12.7. The zero-order valence-corrected chi connectivity index (χ0v) is 15.7. The SMILES string of the molecule is Cc1nc(Nc2cccc(Cl)c2Cl)cc(C(=O)N2CCC(C)CC2)n1. The van der Waals surface area contributed by atoms with Crippen molar-refractivity contribution in [3.05, 3.63) is 45.8 Å². The molecule has 1 aliphatic rings. The molecule has 1 N–H and O–H groups in total. The standard InChI is InChI=1S/C18H20Cl2N4O/c1-11-6-8-24(9-7-11)18(25)15-10-16(22-12(2)21-15)23-14-5-3-4-13(19)17(14)20/h3-5,10-11H,6-9H2,1-2H3,(H,21,22,23). The number of nitrogens with one attached hydrogen (secondary N) is 1. The van der Waals surface area contributed by atoms with Crippen LogP contribution in [-0.4, -0.2) is 33.9 Å². The van der Waals surface area contributed by atoms with Crippen molar-refractivity contribution in [1.29, 1.82) is 0 Å². The van der Waals surface area contributed by atoms with E-state index in [0.717, 1.165) is 25.9 Å². The zero-order chi connectivity index (χ0) is 18.0. The molecular formula is C18H20Cl2N4O. The molecule has 0 saturated carbocycles. The maximum Gasteiger partial charge on any atom is 0.272 e. The summed E-state index contributed by atoms with van der Waals surface area (Å²) in [5, 5.41) is 3.99. The fourth-order valence-electron chi connectivity index (χ4n) is 2.85. The van der Waals surface area contributed by atoms with Gasteiger partial charge >= 0.3 is 0 Å². The lowest BCUT2D eigenvalue weighted by atomic mass is 9.99. The number of hydrogen-bond acceptors (Lipinski definition) is 4. The van der Waals surface area contributed by atoms with E-state index in [1.165, 1.54) is 0 Å². The Kier molecular flexibility index (Phi) is 5.45. The van der Waals surface area contributed by atoms with Gasteiger partial charge in [-0.05, 0) is 37.8 Å². The topological polar surface area (TPSA) is 58.1 Å². The average molecular weight is 379 g/mol. The second-order valence-electron chi connectivity index (χ2n) is 6.39. The monoisotopic (exact) mass is 378 g/mol. The molecule has 0 radical (unpaired) electrons. The molecule has 1 amide bonds. The van der Waals surface area contributed by atoms with Gasteiger partial charge in [0, 0.05) is 19.2 Å². The molecule has 25 heavy (non-hydrogen) atoms. The fraction of sp³-hybridized carbons (Fsp3) is 0.389. The summed E-state index contributed by atoms with van der Waals surface area (Å²) in [6, 6.07) is 6.97. The third-order valence-corrected chi connectivity index (χ3v) is 5.16. The molecule has 1 aromatic heterocycles. The van der Waals surface area contributed by atoms with Gasteiger partial charge in [0.1, 0.15) is 17.3 Å². The van der Waals surface area contributed by atoms with Crippen LogP contribution in [0.3, 0.4) is 0 Å². The van der Waals surface area contributed by atoms with Crippen LogP contribution in [0.1, 0.15) is 36.1 Å². The minimum Gasteiger partial charge on any atom is -0.339 e. The number of nitrogens with zero attached hydrogens (tertiary/aromatic N) is 3. The van der Waals surface area contributed by atoms with Gasteiger partial charge < -0.3 is 10.2 Å². The van der Waals surface area contributed by atoms with E-state index >= 15 is 0 Å². The van der Waals surface area contributed by atoms with Crippen LogP contribution in [0, 0.1) is 12.8 Å². The Balaban J connectivity index is 1.83. The lowest BCUT2D eigenvalue weighted by molar-refractivity contribution is 0.0691. The van der Waals surface area contributed by atoms with Gasteiger partial charge in [0.05, 0.1) is 15.7 Å². The highest BCUT2D eigenvalue weighted by atomic mass is 35.5. The number of hydrogen-bond donors (Lipinski definition) is 1. The quantitative estimate of drug-likeness (QED) is 0.839. The number of halogens is 2. The highest BCUT2D eigenvalue weighted by Gasteiger charge is 2.23. The summed E-state index contributed by atoms with van der Waals surface area (Å²) >= 11 is 12.2. The Labute approximate surface area is 157 Å². The van der Waals surface area contributed by atoms with Gasteiger partial charge in [0.2, 0.25) is 0 Å². The first-order valence-corrected chi connectivity index (χ1v) is 9.05. The normalized spacial score (nSPS) is 15.3. The number of aromatic nitrogens is 2. The number of carbonyl (C=O) groups is 1. The van der Waals surface area contributed by atoms with Gasteiger partial charge in [-0.3, -0.25) is 4.79 Å². The minimum absolute atomic E-state index is 0.0577. The average Bonchev–Trinajstić information content (AvgIpc) is 2.58. The lowest BCUT2D eigenvalue weighted by Gasteiger charge is -2.30. The molecule has 2 aromatic rings. The van der Waals surface area contributed by atoms with Crippen molar-refractivity contribution in [1.82, 2.24) is 14.9 Å². The van der Waals surface area contributed by atoms with Crippen LogP contribution in [0.2, 0.25) is 10.0 Å². The third-order valence-electron chi connectivity index (χ3n) is 4.34. The molecule has 1 fully saturated rings. The van der Waals surface area contributed by atoms with Crippen molar-refractivity contribution in [2.45, 2.75) is 26.7 Å². The largest absolute Gasteiger partial charge is 0.339 e. The van der Waals surface area contributed by atoms with Crippen LogP contribution in [-0.2, 0) is 0 Å². The van der Waals surface area contributed by atoms with Crippen molar-refractivity contribution in [2.24, 2.45) is 5.92 Å². The molecule has 0 spiro atoms. The number of anilines is 2. The number of likely N-dealkylation sites (tertiary alicyclic amines) is 1. The molecule has 0 aliphatic carbocycles. The van der Waals surface area contributed by atoms with Gasteiger partial charge in [-0.2, -0.15) is 0 Å². The Morgan fingerprint density at radius 2 is 1.96 bits per heavy atom. The molecule has 2 heterocycles. The Morgan fingerprint density at radius 3 is 2.68 bits per heavy atom. The predicted molar refractivity (Wildman–Crippen MR) is 101 cm³/mol. The molecule has 0 bridgehead atoms. The first-order valence-electron chi connectivity index (χ1n) is 8.30. The molecule has 7 heteroatoms. The van der Waals surface area contributed by atoms with Crippen LogP contribution in [0.5, 0.6) is 0 Å². The minimum atomic E-state index is -0.0577. The van der Waals surface area contributed by atoms with E-state index in [4.69, 9.17) is 23.2 Å². The third kappa shape index (κ3) is 4.22. The van der Waals surface area contributed by atoms with Crippen molar-refractivity contribution < 1.29 is 4.79 Å². The van der Waals surface area contributed by atoms with Crippen molar-refractivity contribution >= 4 is 40.6 Å². The summed E-state index contributed by atoms with van der Waals surface area (Å²) in [4.78, 5) is 23.3. The molecule has 0 unspecified atom stereocenters. The number of rotatable bonds is 3. The van der Waals surface area contributed by atoms with E-state index < -0.39 is 0 Å². The van der Waals surface area contributed by atoms with Gasteiger partial charge in [-0.1, -0.05) is 36.2 Å². The molecule has 5 nitrogen and oxygen atoms in total. The van der Waals surface area contributed by atoms with Crippen LogP contribution in [0.15, 0.2) is 24.3 Å². The van der Waals surface area contributed by atoms with Crippen LogP contribution in [0.25, 0.3) is 0 Å². The molecule has 1 aliphatic heterocycles. The smallest absolute Gasteiger partial charge is 0.272 e. The summed E-state index contributed by atoms with van der Waals surface area (Å²) in [6.45, 7) is 5.52. The number of benzene rings is 1. The summed E-state index contributed by atoms with van der Waals surface area (Å²) in [5.41, 5.74) is 1.03. The molecule has 0 atom stereocenters. The predicted octanol–water partition coefficient (Wildman–Crippen LogP) is 4.71. The summed E-state index contributed by atoms with van der Waals surface area (Å²) in [7, 11) is 0. The number of piperidine rings is 1. The molecule has 1 aromatic carbocycles. The van der Waals surface area contributed by atoms with E-state index in [1.807, 2.05) is 4.90 Å². The van der Waals surface area contributed by atoms with Crippen LogP contribution in [0.4, 0.5) is 11.5 Å². The van der Waals surface area contributed by atoms with Gasteiger partial charge in [-0.15, -0.1) is 0 Å². The molecule has 1 saturated heterocycles. The second-order valence-corrected chi connectivity index (χ2v) is 7.17. The van der Waals surface area contributed by atoms with Gasteiger partial charge in [-0.25, -0.2) is 9.97 Å².